The summed E-state index contributed by atoms with van der Waals surface area (Å²) in [7, 11) is 0. The summed E-state index contributed by atoms with van der Waals surface area (Å²) in [4.78, 5) is 19.7. The Morgan fingerprint density at radius 1 is 1.50 bits per heavy atom. The molecule has 2 aromatic heterocycles. The molecule has 2 aromatic rings. The van der Waals surface area contributed by atoms with Crippen molar-refractivity contribution in [2.45, 2.75) is 13.0 Å². The second kappa shape index (κ2) is 5.28. The van der Waals surface area contributed by atoms with E-state index in [2.05, 4.69) is 20.7 Å². The van der Waals surface area contributed by atoms with E-state index in [1.807, 2.05) is 6.92 Å². The highest BCUT2D eigenvalue weighted by Crippen LogP contribution is 2.12. The first-order valence-electron chi connectivity index (χ1n) is 5.33. The van der Waals surface area contributed by atoms with Gasteiger partial charge < -0.3 is 15.2 Å². The molecule has 0 aromatic carbocycles. The standard InChI is InChI=1S/C11H13N5O2/c1-7(9-3-2-4-18-9)14-11(17)8-5-13-6-10(15-8)16-12/h2-7H,12H2,1H3,(H,14,17)(H,15,16). The number of amides is 1. The molecule has 2 heterocycles. The van der Waals surface area contributed by atoms with Crippen LogP contribution in [0.25, 0.3) is 0 Å². The largest absolute Gasteiger partial charge is 0.467 e. The molecular weight excluding hydrogens is 234 g/mol. The second-order valence-electron chi connectivity index (χ2n) is 3.64. The van der Waals surface area contributed by atoms with Crippen LogP contribution < -0.4 is 16.6 Å². The van der Waals surface area contributed by atoms with E-state index in [1.54, 1.807) is 18.4 Å². The summed E-state index contributed by atoms with van der Waals surface area (Å²) in [6.07, 6.45) is 4.34. The molecule has 18 heavy (non-hydrogen) atoms. The van der Waals surface area contributed by atoms with Crippen LogP contribution in [0.1, 0.15) is 29.2 Å². The van der Waals surface area contributed by atoms with Crippen molar-refractivity contribution >= 4 is 11.7 Å². The van der Waals surface area contributed by atoms with Gasteiger partial charge in [0.25, 0.3) is 5.91 Å². The summed E-state index contributed by atoms with van der Waals surface area (Å²) in [6, 6.07) is 3.30. The number of furan rings is 1. The molecule has 0 bridgehead atoms. The van der Waals surface area contributed by atoms with Crippen LogP contribution >= 0.6 is 0 Å². The van der Waals surface area contributed by atoms with Crippen LogP contribution in [-0.2, 0) is 0 Å². The zero-order valence-electron chi connectivity index (χ0n) is 9.75. The van der Waals surface area contributed by atoms with Crippen molar-refractivity contribution in [3.8, 4) is 0 Å². The van der Waals surface area contributed by atoms with Gasteiger partial charge in [-0.1, -0.05) is 0 Å². The summed E-state index contributed by atoms with van der Waals surface area (Å²) in [5.74, 6) is 5.85. The van der Waals surface area contributed by atoms with Crippen molar-refractivity contribution in [2.75, 3.05) is 5.43 Å². The van der Waals surface area contributed by atoms with Gasteiger partial charge in [0.05, 0.1) is 24.7 Å². The lowest BCUT2D eigenvalue weighted by atomic mass is 10.2. The minimum Gasteiger partial charge on any atom is -0.467 e. The van der Waals surface area contributed by atoms with Gasteiger partial charge in [-0.05, 0) is 19.1 Å². The second-order valence-corrected chi connectivity index (χ2v) is 3.64. The first-order valence-corrected chi connectivity index (χ1v) is 5.33. The summed E-state index contributed by atoms with van der Waals surface area (Å²) in [5.41, 5.74) is 2.52. The fourth-order valence-electron chi connectivity index (χ4n) is 1.42. The van der Waals surface area contributed by atoms with Gasteiger partial charge in [0.15, 0.2) is 5.82 Å². The first kappa shape index (κ1) is 12.1. The fourth-order valence-corrected chi connectivity index (χ4v) is 1.42. The normalized spacial score (nSPS) is 11.9. The van der Waals surface area contributed by atoms with E-state index in [9.17, 15) is 4.79 Å². The van der Waals surface area contributed by atoms with E-state index in [-0.39, 0.29) is 17.6 Å². The number of hydrogen-bond donors (Lipinski definition) is 3. The highest BCUT2D eigenvalue weighted by molar-refractivity contribution is 5.92. The molecule has 1 amide bonds. The Hall–Kier alpha value is -2.41. The fraction of sp³-hybridized carbons (Fsp3) is 0.182. The van der Waals surface area contributed by atoms with E-state index in [0.29, 0.717) is 11.6 Å². The molecule has 2 rings (SSSR count). The van der Waals surface area contributed by atoms with Crippen molar-refractivity contribution in [1.29, 1.82) is 0 Å². The van der Waals surface area contributed by atoms with E-state index in [1.165, 1.54) is 12.4 Å². The maximum absolute atomic E-state index is 11.9. The highest BCUT2D eigenvalue weighted by atomic mass is 16.3. The van der Waals surface area contributed by atoms with Crippen molar-refractivity contribution in [3.63, 3.8) is 0 Å². The Labute approximate surface area is 103 Å². The van der Waals surface area contributed by atoms with Gasteiger partial charge in [-0.2, -0.15) is 0 Å². The number of carbonyl (C=O) groups excluding carboxylic acids is 1. The van der Waals surface area contributed by atoms with Crippen LogP contribution in [0.2, 0.25) is 0 Å². The van der Waals surface area contributed by atoms with Gasteiger partial charge in [0, 0.05) is 0 Å². The molecule has 0 saturated carbocycles. The zero-order valence-corrected chi connectivity index (χ0v) is 9.75. The van der Waals surface area contributed by atoms with Gasteiger partial charge in [-0.25, -0.2) is 10.8 Å². The third-order valence-electron chi connectivity index (χ3n) is 2.33. The first-order chi connectivity index (χ1) is 8.70. The van der Waals surface area contributed by atoms with Gasteiger partial charge in [0.2, 0.25) is 0 Å². The molecule has 7 nitrogen and oxygen atoms in total. The Morgan fingerprint density at radius 3 is 3.00 bits per heavy atom. The molecule has 7 heteroatoms. The summed E-state index contributed by atoms with van der Waals surface area (Å²) >= 11 is 0. The molecule has 0 spiro atoms. The number of hydrazine groups is 1. The number of nitrogens with zero attached hydrogens (tertiary/aromatic N) is 2. The number of nitrogens with two attached hydrogens (primary N) is 1. The third-order valence-corrected chi connectivity index (χ3v) is 2.33. The van der Waals surface area contributed by atoms with E-state index in [4.69, 9.17) is 10.3 Å². The van der Waals surface area contributed by atoms with Gasteiger partial charge in [-0.3, -0.25) is 9.78 Å². The average Bonchev–Trinajstić information content (AvgIpc) is 2.92. The average molecular weight is 247 g/mol. The number of nitrogen functional groups attached to an aromatic ring is 1. The number of nitrogens with one attached hydrogen (secondary N) is 2. The molecule has 0 radical (unpaired) electrons. The maximum atomic E-state index is 11.9. The van der Waals surface area contributed by atoms with Crippen molar-refractivity contribution in [1.82, 2.24) is 15.3 Å². The number of rotatable bonds is 4. The molecule has 0 aliphatic heterocycles. The van der Waals surface area contributed by atoms with Crippen LogP contribution in [0.3, 0.4) is 0 Å². The maximum Gasteiger partial charge on any atom is 0.272 e. The Bertz CT molecular complexity index is 526. The van der Waals surface area contributed by atoms with E-state index >= 15 is 0 Å². The molecule has 0 aliphatic carbocycles. The topological polar surface area (TPSA) is 106 Å². The summed E-state index contributed by atoms with van der Waals surface area (Å²) in [5, 5.41) is 2.75. The van der Waals surface area contributed by atoms with E-state index in [0.717, 1.165) is 0 Å². The van der Waals surface area contributed by atoms with Crippen LogP contribution in [0.5, 0.6) is 0 Å². The predicted molar refractivity (Wildman–Crippen MR) is 64.4 cm³/mol. The molecule has 1 atom stereocenters. The van der Waals surface area contributed by atoms with Crippen LogP contribution in [0, 0.1) is 0 Å². The Balaban J connectivity index is 2.07. The third kappa shape index (κ3) is 2.64. The molecule has 0 fully saturated rings. The number of anilines is 1. The summed E-state index contributed by atoms with van der Waals surface area (Å²) < 4.78 is 5.19. The Kier molecular flexibility index (Phi) is 3.54. The minimum atomic E-state index is -0.344. The van der Waals surface area contributed by atoms with E-state index < -0.39 is 0 Å². The van der Waals surface area contributed by atoms with Crippen LogP contribution in [0.15, 0.2) is 35.2 Å². The molecule has 94 valence electrons. The molecule has 1 unspecified atom stereocenters. The summed E-state index contributed by atoms with van der Waals surface area (Å²) in [6.45, 7) is 1.81. The van der Waals surface area contributed by atoms with Crippen molar-refractivity contribution in [2.24, 2.45) is 5.84 Å². The van der Waals surface area contributed by atoms with Crippen LogP contribution in [0.4, 0.5) is 5.82 Å². The number of hydrogen-bond acceptors (Lipinski definition) is 6. The SMILES string of the molecule is CC(NC(=O)c1cncc(NN)n1)c1ccco1. The molecule has 4 N–H and O–H groups in total. The van der Waals surface area contributed by atoms with Crippen molar-refractivity contribution < 1.29 is 9.21 Å². The molecular formula is C11H13N5O2. The predicted octanol–water partition coefficient (Wildman–Crippen LogP) is 0.846. The lowest BCUT2D eigenvalue weighted by Crippen LogP contribution is -2.27. The smallest absolute Gasteiger partial charge is 0.272 e. The Morgan fingerprint density at radius 2 is 2.33 bits per heavy atom. The monoisotopic (exact) mass is 247 g/mol. The number of aromatic nitrogens is 2. The van der Waals surface area contributed by atoms with Crippen molar-refractivity contribution in [3.05, 3.63) is 42.2 Å². The molecule has 0 saturated heterocycles. The van der Waals surface area contributed by atoms with Gasteiger partial charge in [0.1, 0.15) is 11.5 Å². The molecule has 0 aliphatic rings. The van der Waals surface area contributed by atoms with Gasteiger partial charge in [-0.15, -0.1) is 0 Å². The van der Waals surface area contributed by atoms with Crippen LogP contribution in [-0.4, -0.2) is 15.9 Å². The quantitative estimate of drug-likeness (QED) is 0.546. The lowest BCUT2D eigenvalue weighted by molar-refractivity contribution is 0.0930. The lowest BCUT2D eigenvalue weighted by Gasteiger charge is -2.11. The highest BCUT2D eigenvalue weighted by Gasteiger charge is 2.14. The number of carbonyl (C=O) groups is 1. The minimum absolute atomic E-state index is 0.184. The zero-order chi connectivity index (χ0) is 13.0. The van der Waals surface area contributed by atoms with Gasteiger partial charge >= 0.3 is 0 Å².